The maximum atomic E-state index is 10.8. The SMILES string of the molecule is CSc1cc(C(O)C2CCCCC2)c2ccccc2n1. The van der Waals surface area contributed by atoms with E-state index in [0.29, 0.717) is 5.92 Å². The Morgan fingerprint density at radius 2 is 1.95 bits per heavy atom. The molecule has 1 fully saturated rings. The summed E-state index contributed by atoms with van der Waals surface area (Å²) in [6, 6.07) is 10.2. The van der Waals surface area contributed by atoms with Crippen molar-refractivity contribution in [2.45, 2.75) is 43.2 Å². The minimum absolute atomic E-state index is 0.353. The molecule has 1 unspecified atom stereocenters. The first-order chi connectivity index (χ1) is 9.79. The van der Waals surface area contributed by atoms with Crippen LogP contribution in [0.25, 0.3) is 10.9 Å². The van der Waals surface area contributed by atoms with Crippen molar-refractivity contribution in [3.05, 3.63) is 35.9 Å². The molecule has 3 rings (SSSR count). The number of benzene rings is 1. The normalized spacial score (nSPS) is 18.3. The molecule has 20 heavy (non-hydrogen) atoms. The van der Waals surface area contributed by atoms with Gasteiger partial charge < -0.3 is 5.11 Å². The van der Waals surface area contributed by atoms with Crippen LogP contribution in [0.5, 0.6) is 0 Å². The molecule has 1 aromatic heterocycles. The van der Waals surface area contributed by atoms with Crippen LogP contribution in [0.3, 0.4) is 0 Å². The van der Waals surface area contributed by atoms with E-state index in [1.54, 1.807) is 11.8 Å². The Kier molecular flexibility index (Phi) is 4.27. The molecule has 0 spiro atoms. The minimum atomic E-state index is -0.353. The number of thioether (sulfide) groups is 1. The lowest BCUT2D eigenvalue weighted by atomic mass is 9.82. The van der Waals surface area contributed by atoms with Crippen LogP contribution in [0.4, 0.5) is 0 Å². The van der Waals surface area contributed by atoms with Crippen LogP contribution in [0, 0.1) is 5.92 Å². The van der Waals surface area contributed by atoms with E-state index in [1.807, 2.05) is 24.5 Å². The zero-order valence-corrected chi connectivity index (χ0v) is 12.7. The van der Waals surface area contributed by atoms with Crippen molar-refractivity contribution >= 4 is 22.7 Å². The van der Waals surface area contributed by atoms with Gasteiger partial charge in [-0.1, -0.05) is 37.5 Å². The molecular weight excluding hydrogens is 266 g/mol. The lowest BCUT2D eigenvalue weighted by Crippen LogP contribution is -2.16. The molecule has 3 heteroatoms. The lowest BCUT2D eigenvalue weighted by Gasteiger charge is -2.27. The molecule has 2 nitrogen and oxygen atoms in total. The van der Waals surface area contributed by atoms with Gasteiger partial charge in [-0.15, -0.1) is 11.8 Å². The Morgan fingerprint density at radius 3 is 2.70 bits per heavy atom. The highest BCUT2D eigenvalue weighted by Crippen LogP contribution is 2.37. The Bertz CT molecular complexity index is 593. The van der Waals surface area contributed by atoms with Gasteiger partial charge >= 0.3 is 0 Å². The third kappa shape index (κ3) is 2.70. The Hall–Kier alpha value is -1.06. The number of hydrogen-bond donors (Lipinski definition) is 1. The molecule has 1 aliphatic rings. The molecule has 0 bridgehead atoms. The smallest absolute Gasteiger partial charge is 0.0968 e. The van der Waals surface area contributed by atoms with Crippen molar-refractivity contribution in [1.29, 1.82) is 0 Å². The average Bonchev–Trinajstić information content (AvgIpc) is 2.54. The topological polar surface area (TPSA) is 33.1 Å². The molecule has 1 heterocycles. The van der Waals surface area contributed by atoms with E-state index in [9.17, 15) is 5.11 Å². The molecule has 1 aliphatic carbocycles. The molecule has 0 amide bonds. The number of pyridine rings is 1. The standard InChI is InChI=1S/C17H21NOS/c1-20-16-11-14(13-9-5-6-10-15(13)18-16)17(19)12-7-3-2-4-8-12/h5-6,9-12,17,19H,2-4,7-8H2,1H3. The maximum Gasteiger partial charge on any atom is 0.0968 e. The number of hydrogen-bond acceptors (Lipinski definition) is 3. The van der Waals surface area contributed by atoms with Crippen molar-refractivity contribution in [2.75, 3.05) is 6.26 Å². The first kappa shape index (κ1) is 13.9. The monoisotopic (exact) mass is 287 g/mol. The fourth-order valence-corrected chi connectivity index (χ4v) is 3.66. The van der Waals surface area contributed by atoms with Gasteiger partial charge in [0.2, 0.25) is 0 Å². The number of aliphatic hydroxyl groups excluding tert-OH is 1. The predicted molar refractivity (Wildman–Crippen MR) is 85.1 cm³/mol. The third-order valence-corrected chi connectivity index (χ3v) is 4.98. The van der Waals surface area contributed by atoms with Gasteiger partial charge in [-0.05, 0) is 42.7 Å². The lowest BCUT2D eigenvalue weighted by molar-refractivity contribution is 0.0858. The van der Waals surface area contributed by atoms with Crippen LogP contribution in [-0.4, -0.2) is 16.3 Å². The summed E-state index contributed by atoms with van der Waals surface area (Å²) in [7, 11) is 0. The largest absolute Gasteiger partial charge is 0.388 e. The zero-order chi connectivity index (χ0) is 13.9. The molecule has 1 N–H and O–H groups in total. The fourth-order valence-electron chi connectivity index (χ4n) is 3.23. The van der Waals surface area contributed by atoms with Gasteiger partial charge in [-0.2, -0.15) is 0 Å². The van der Waals surface area contributed by atoms with Crippen LogP contribution in [0.1, 0.15) is 43.8 Å². The van der Waals surface area contributed by atoms with Crippen LogP contribution in [0.2, 0.25) is 0 Å². The second-order valence-corrected chi connectivity index (χ2v) is 6.44. The molecule has 106 valence electrons. The van der Waals surface area contributed by atoms with Gasteiger partial charge in [-0.3, -0.25) is 0 Å². The fraction of sp³-hybridized carbons (Fsp3) is 0.471. The summed E-state index contributed by atoms with van der Waals surface area (Å²) in [4.78, 5) is 4.63. The minimum Gasteiger partial charge on any atom is -0.388 e. The second kappa shape index (κ2) is 6.15. The number of aliphatic hydroxyl groups is 1. The number of fused-ring (bicyclic) bond motifs is 1. The highest BCUT2D eigenvalue weighted by molar-refractivity contribution is 7.98. The molecule has 0 saturated heterocycles. The van der Waals surface area contributed by atoms with E-state index in [1.165, 1.54) is 19.3 Å². The van der Waals surface area contributed by atoms with Gasteiger partial charge in [0.15, 0.2) is 0 Å². The van der Waals surface area contributed by atoms with Crippen molar-refractivity contribution in [3.63, 3.8) is 0 Å². The second-order valence-electron chi connectivity index (χ2n) is 5.61. The Morgan fingerprint density at radius 1 is 1.20 bits per heavy atom. The van der Waals surface area contributed by atoms with E-state index in [-0.39, 0.29) is 6.10 Å². The zero-order valence-electron chi connectivity index (χ0n) is 11.9. The summed E-state index contributed by atoms with van der Waals surface area (Å²) in [5, 5.41) is 12.9. The number of nitrogens with zero attached hydrogens (tertiary/aromatic N) is 1. The molecular formula is C17H21NOS. The van der Waals surface area contributed by atoms with Crippen molar-refractivity contribution in [2.24, 2.45) is 5.92 Å². The molecule has 2 aromatic rings. The Balaban J connectivity index is 2.04. The average molecular weight is 287 g/mol. The molecule has 1 saturated carbocycles. The molecule has 1 atom stereocenters. The third-order valence-electron chi connectivity index (χ3n) is 4.35. The summed E-state index contributed by atoms with van der Waals surface area (Å²) in [6.07, 6.45) is 7.79. The predicted octanol–water partition coefficient (Wildman–Crippen LogP) is 4.57. The number of aromatic nitrogens is 1. The van der Waals surface area contributed by atoms with Gasteiger partial charge in [0, 0.05) is 5.39 Å². The summed E-state index contributed by atoms with van der Waals surface area (Å²) in [5.74, 6) is 0.407. The quantitative estimate of drug-likeness (QED) is 0.839. The van der Waals surface area contributed by atoms with Crippen LogP contribution >= 0.6 is 11.8 Å². The van der Waals surface area contributed by atoms with E-state index in [2.05, 4.69) is 17.1 Å². The first-order valence-corrected chi connectivity index (χ1v) is 8.64. The van der Waals surface area contributed by atoms with Gasteiger partial charge in [0.1, 0.15) is 0 Å². The number of rotatable bonds is 3. The van der Waals surface area contributed by atoms with Crippen LogP contribution < -0.4 is 0 Å². The van der Waals surface area contributed by atoms with Crippen molar-refractivity contribution in [1.82, 2.24) is 4.98 Å². The summed E-state index contributed by atoms with van der Waals surface area (Å²) in [5.41, 5.74) is 2.05. The van der Waals surface area contributed by atoms with E-state index >= 15 is 0 Å². The van der Waals surface area contributed by atoms with Crippen molar-refractivity contribution < 1.29 is 5.11 Å². The van der Waals surface area contributed by atoms with E-state index < -0.39 is 0 Å². The summed E-state index contributed by atoms with van der Waals surface area (Å²) < 4.78 is 0. The maximum absolute atomic E-state index is 10.8. The highest BCUT2D eigenvalue weighted by Gasteiger charge is 2.25. The summed E-state index contributed by atoms with van der Waals surface area (Å²) in [6.45, 7) is 0. The van der Waals surface area contributed by atoms with E-state index in [0.717, 1.165) is 34.3 Å². The Labute approximate surface area is 124 Å². The molecule has 1 aromatic carbocycles. The summed E-state index contributed by atoms with van der Waals surface area (Å²) >= 11 is 1.64. The van der Waals surface area contributed by atoms with Crippen LogP contribution in [-0.2, 0) is 0 Å². The highest BCUT2D eigenvalue weighted by atomic mass is 32.2. The van der Waals surface area contributed by atoms with Gasteiger partial charge in [-0.25, -0.2) is 4.98 Å². The van der Waals surface area contributed by atoms with Gasteiger partial charge in [0.25, 0.3) is 0 Å². The molecule has 0 radical (unpaired) electrons. The van der Waals surface area contributed by atoms with E-state index in [4.69, 9.17) is 0 Å². The number of para-hydroxylation sites is 1. The first-order valence-electron chi connectivity index (χ1n) is 7.41. The van der Waals surface area contributed by atoms with Crippen LogP contribution in [0.15, 0.2) is 35.4 Å². The molecule has 0 aliphatic heterocycles. The van der Waals surface area contributed by atoms with Gasteiger partial charge in [0.05, 0.1) is 16.6 Å². The van der Waals surface area contributed by atoms with Crippen molar-refractivity contribution in [3.8, 4) is 0 Å².